The summed E-state index contributed by atoms with van der Waals surface area (Å²) in [4.78, 5) is 2.55. The second-order valence-corrected chi connectivity index (χ2v) is 20.6. The zero-order valence-corrected chi connectivity index (χ0v) is 41.5. The Labute approximate surface area is 442 Å². The fraction of sp³-hybridized carbons (Fsp3) is 0.0270. The van der Waals surface area contributed by atoms with Gasteiger partial charge in [-0.05, 0) is 149 Å². The van der Waals surface area contributed by atoms with Crippen LogP contribution in [0.4, 0.5) is 17.1 Å². The minimum Gasteiger partial charge on any atom is -0.456 e. The Bertz CT molecular complexity index is 4370. The highest BCUT2D eigenvalue weighted by molar-refractivity contribution is 6.06. The van der Waals surface area contributed by atoms with Gasteiger partial charge < -0.3 is 9.32 Å². The molecule has 76 heavy (non-hydrogen) atoms. The van der Waals surface area contributed by atoms with Crippen molar-refractivity contribution in [3.05, 3.63) is 330 Å². The molecule has 0 radical (unpaired) electrons. The molecule has 1 aromatic heterocycles. The highest BCUT2D eigenvalue weighted by Crippen LogP contribution is 2.65. The first-order chi connectivity index (χ1) is 37.7. The number of fused-ring (bicyclic) bond motifs is 16. The van der Waals surface area contributed by atoms with Crippen molar-refractivity contribution in [1.82, 2.24) is 0 Å². The topological polar surface area (TPSA) is 16.4 Å². The minimum atomic E-state index is -0.584. The lowest BCUT2D eigenvalue weighted by Crippen LogP contribution is -2.28. The Morgan fingerprint density at radius 3 is 1.33 bits per heavy atom. The average molecular weight is 966 g/mol. The summed E-state index contributed by atoms with van der Waals surface area (Å²) in [5.41, 5.74) is 26.4. The number of nitrogens with zero attached hydrogens (tertiary/aromatic N) is 1. The molecular formula is C74H47NO. The Balaban J connectivity index is 0.988. The summed E-state index contributed by atoms with van der Waals surface area (Å²) in [5.74, 6) is 0. The van der Waals surface area contributed by atoms with Crippen molar-refractivity contribution in [3.63, 3.8) is 0 Å². The van der Waals surface area contributed by atoms with E-state index >= 15 is 0 Å². The monoisotopic (exact) mass is 965 g/mol. The normalized spacial score (nSPS) is 13.7. The summed E-state index contributed by atoms with van der Waals surface area (Å²) < 4.78 is 6.28. The van der Waals surface area contributed by atoms with Crippen LogP contribution in [0, 0.1) is 0 Å². The predicted molar refractivity (Wildman–Crippen MR) is 313 cm³/mol. The standard InChI is InChI=1S/C74H47NO/c1-4-20-49(21-5-1)61-46-62-58-29-13-18-34-67(58)74(65-32-16-11-26-55(65)56-27-12-17-33-66(56)74)69(62)47-70(61)75(53-39-36-48(37-40-53)50-38-43-72-63(44-50)60-30-14-19-35-71(60)76-72)54-41-42-59-57-28-10-15-31-64(57)73(68(59)45-54,51-22-6-2-7-23-51)52-24-8-3-9-25-52/h1-47H. The lowest BCUT2D eigenvalue weighted by atomic mass is 9.67. The smallest absolute Gasteiger partial charge is 0.135 e. The third-order valence-corrected chi connectivity index (χ3v) is 17.0. The summed E-state index contributed by atoms with van der Waals surface area (Å²) in [6.45, 7) is 0. The van der Waals surface area contributed by atoms with E-state index in [0.717, 1.165) is 61.3 Å². The molecule has 1 heterocycles. The fourth-order valence-electron chi connectivity index (χ4n) is 13.9. The van der Waals surface area contributed by atoms with E-state index in [-0.39, 0.29) is 0 Å². The Hall–Kier alpha value is -9.76. The molecule has 0 fully saturated rings. The van der Waals surface area contributed by atoms with Gasteiger partial charge in [0.2, 0.25) is 0 Å². The van der Waals surface area contributed by atoms with Crippen LogP contribution < -0.4 is 4.90 Å². The number of para-hydroxylation sites is 1. The number of furan rings is 1. The van der Waals surface area contributed by atoms with Gasteiger partial charge in [0.05, 0.1) is 16.5 Å². The van der Waals surface area contributed by atoms with Crippen molar-refractivity contribution in [1.29, 1.82) is 0 Å². The lowest BCUT2D eigenvalue weighted by molar-refractivity contribution is 0.669. The molecule has 0 amide bonds. The van der Waals surface area contributed by atoms with E-state index in [9.17, 15) is 0 Å². The molecule has 0 unspecified atom stereocenters. The summed E-state index contributed by atoms with van der Waals surface area (Å²) in [6.07, 6.45) is 0. The molecule has 3 aliphatic rings. The lowest BCUT2D eigenvalue weighted by Gasteiger charge is -2.35. The van der Waals surface area contributed by atoms with Crippen LogP contribution in [0.15, 0.2) is 290 Å². The molecule has 13 aromatic rings. The van der Waals surface area contributed by atoms with Crippen LogP contribution in [0.1, 0.15) is 44.5 Å². The van der Waals surface area contributed by atoms with E-state index in [2.05, 4.69) is 278 Å². The molecule has 0 aliphatic heterocycles. The van der Waals surface area contributed by atoms with Crippen LogP contribution in [0.25, 0.3) is 77.6 Å². The molecule has 354 valence electrons. The SMILES string of the molecule is c1ccc(-c2cc3c(cc2N(c2ccc(-c4ccc5oc6ccccc6c5c4)cc2)c2ccc4c(c2)C(c2ccccc2)(c2ccccc2)c2ccccc2-4)C2(c4ccccc4-c4ccccc42)c2ccccc2-3)cc1. The van der Waals surface area contributed by atoms with Crippen LogP contribution in [0.5, 0.6) is 0 Å². The van der Waals surface area contributed by atoms with Crippen molar-refractivity contribution in [2.45, 2.75) is 10.8 Å². The quantitative estimate of drug-likeness (QED) is 0.158. The van der Waals surface area contributed by atoms with E-state index in [1.165, 1.54) is 77.9 Å². The largest absolute Gasteiger partial charge is 0.456 e. The van der Waals surface area contributed by atoms with Gasteiger partial charge in [0.25, 0.3) is 0 Å². The maximum Gasteiger partial charge on any atom is 0.135 e. The van der Waals surface area contributed by atoms with Gasteiger partial charge in [-0.2, -0.15) is 0 Å². The molecule has 0 bridgehead atoms. The van der Waals surface area contributed by atoms with Crippen molar-refractivity contribution in [3.8, 4) is 55.6 Å². The molecule has 0 saturated heterocycles. The first kappa shape index (κ1) is 42.7. The molecule has 0 saturated carbocycles. The van der Waals surface area contributed by atoms with E-state index in [1.807, 2.05) is 12.1 Å². The fourth-order valence-corrected chi connectivity index (χ4v) is 13.9. The predicted octanol–water partition coefficient (Wildman–Crippen LogP) is 19.1. The van der Waals surface area contributed by atoms with Gasteiger partial charge in [-0.15, -0.1) is 0 Å². The number of hydrogen-bond acceptors (Lipinski definition) is 2. The zero-order chi connectivity index (χ0) is 50.0. The van der Waals surface area contributed by atoms with Gasteiger partial charge in [-0.3, -0.25) is 0 Å². The average Bonchev–Trinajstić information content (AvgIpc) is 4.21. The van der Waals surface area contributed by atoms with Crippen LogP contribution in [0.3, 0.4) is 0 Å². The number of rotatable bonds is 7. The molecular weight excluding hydrogens is 919 g/mol. The molecule has 0 N–H and O–H groups in total. The Morgan fingerprint density at radius 2 is 0.711 bits per heavy atom. The minimum absolute atomic E-state index is 0.538. The van der Waals surface area contributed by atoms with Gasteiger partial charge >= 0.3 is 0 Å². The number of anilines is 3. The van der Waals surface area contributed by atoms with Crippen molar-refractivity contribution < 1.29 is 4.42 Å². The van der Waals surface area contributed by atoms with E-state index in [0.29, 0.717) is 0 Å². The molecule has 2 nitrogen and oxygen atoms in total. The van der Waals surface area contributed by atoms with Gasteiger partial charge in [-0.25, -0.2) is 0 Å². The first-order valence-corrected chi connectivity index (χ1v) is 26.4. The summed E-state index contributed by atoms with van der Waals surface area (Å²) in [6, 6.07) is 106. The van der Waals surface area contributed by atoms with E-state index in [4.69, 9.17) is 4.42 Å². The second kappa shape index (κ2) is 16.4. The molecule has 16 rings (SSSR count). The highest BCUT2D eigenvalue weighted by Gasteiger charge is 2.52. The van der Waals surface area contributed by atoms with Gasteiger partial charge in [0.1, 0.15) is 11.2 Å². The summed E-state index contributed by atoms with van der Waals surface area (Å²) in [7, 11) is 0. The number of benzene rings is 12. The third kappa shape index (κ3) is 5.87. The molecule has 12 aromatic carbocycles. The van der Waals surface area contributed by atoms with Gasteiger partial charge in [0.15, 0.2) is 0 Å². The van der Waals surface area contributed by atoms with Crippen molar-refractivity contribution in [2.75, 3.05) is 4.90 Å². The second-order valence-electron chi connectivity index (χ2n) is 20.6. The first-order valence-electron chi connectivity index (χ1n) is 26.4. The van der Waals surface area contributed by atoms with Crippen LogP contribution in [0.2, 0.25) is 0 Å². The highest BCUT2D eigenvalue weighted by atomic mass is 16.3. The van der Waals surface area contributed by atoms with Crippen LogP contribution >= 0.6 is 0 Å². The Morgan fingerprint density at radius 1 is 0.250 bits per heavy atom. The summed E-state index contributed by atoms with van der Waals surface area (Å²) in [5, 5.41) is 2.24. The maximum atomic E-state index is 6.28. The van der Waals surface area contributed by atoms with Gasteiger partial charge in [0, 0.05) is 27.7 Å². The summed E-state index contributed by atoms with van der Waals surface area (Å²) >= 11 is 0. The molecule has 1 spiro atoms. The van der Waals surface area contributed by atoms with E-state index in [1.54, 1.807) is 0 Å². The third-order valence-electron chi connectivity index (χ3n) is 17.0. The zero-order valence-electron chi connectivity index (χ0n) is 41.5. The van der Waals surface area contributed by atoms with E-state index < -0.39 is 10.8 Å². The molecule has 2 heteroatoms. The van der Waals surface area contributed by atoms with Crippen molar-refractivity contribution >= 4 is 39.0 Å². The Kier molecular flexibility index (Phi) is 9.20. The van der Waals surface area contributed by atoms with Crippen molar-refractivity contribution in [2.24, 2.45) is 0 Å². The maximum absolute atomic E-state index is 6.28. The molecule has 3 aliphatic carbocycles. The number of hydrogen-bond donors (Lipinski definition) is 0. The van der Waals surface area contributed by atoms with Crippen LogP contribution in [-0.4, -0.2) is 0 Å². The van der Waals surface area contributed by atoms with Gasteiger partial charge in [-0.1, -0.05) is 231 Å². The van der Waals surface area contributed by atoms with Crippen LogP contribution in [-0.2, 0) is 10.8 Å². The molecule has 0 atom stereocenters.